The molecule has 5 heteroatoms. The van der Waals surface area contributed by atoms with Crippen LogP contribution in [0.15, 0.2) is 34.8 Å². The number of hydrogen-bond donors (Lipinski definition) is 1. The maximum Gasteiger partial charge on any atom is 0.145 e. The van der Waals surface area contributed by atoms with Crippen LogP contribution in [0.1, 0.15) is 5.69 Å². The van der Waals surface area contributed by atoms with E-state index in [1.54, 1.807) is 10.7 Å². The topological polar surface area (TPSA) is 53.1 Å². The predicted molar refractivity (Wildman–Crippen MR) is 66.1 cm³/mol. The summed E-state index contributed by atoms with van der Waals surface area (Å²) < 4.78 is 8.35. The summed E-state index contributed by atoms with van der Waals surface area (Å²) in [6, 6.07) is 9.49. The van der Waals surface area contributed by atoms with E-state index in [-0.39, 0.29) is 0 Å². The van der Waals surface area contributed by atoms with Crippen molar-refractivity contribution >= 4 is 21.7 Å². The Kier molecular flexibility index (Phi) is 3.14. The minimum atomic E-state index is 0.461. The summed E-state index contributed by atoms with van der Waals surface area (Å²) in [5, 5.41) is 4.04. The van der Waals surface area contributed by atoms with Crippen molar-refractivity contribution in [3.63, 3.8) is 0 Å². The van der Waals surface area contributed by atoms with Crippen molar-refractivity contribution in [2.75, 3.05) is 5.73 Å². The maximum atomic E-state index is 5.60. The molecule has 1 aromatic heterocycles. The quantitative estimate of drug-likeness (QED) is 0.940. The number of anilines is 1. The third-order valence-electron chi connectivity index (χ3n) is 2.20. The molecule has 0 radical (unpaired) electrons. The fourth-order valence-corrected chi connectivity index (χ4v) is 1.62. The molecule has 16 heavy (non-hydrogen) atoms. The lowest BCUT2D eigenvalue weighted by atomic mass is 10.3. The Morgan fingerprint density at radius 1 is 1.38 bits per heavy atom. The van der Waals surface area contributed by atoms with E-state index in [4.69, 9.17) is 10.5 Å². The summed E-state index contributed by atoms with van der Waals surface area (Å²) >= 11 is 3.37. The smallest absolute Gasteiger partial charge is 0.145 e. The number of halogens is 1. The lowest BCUT2D eigenvalue weighted by Crippen LogP contribution is -2.02. The van der Waals surface area contributed by atoms with Gasteiger partial charge in [-0.1, -0.05) is 15.9 Å². The van der Waals surface area contributed by atoms with Gasteiger partial charge < -0.3 is 10.5 Å². The summed E-state index contributed by atoms with van der Waals surface area (Å²) in [7, 11) is 1.84. The molecule has 1 aromatic carbocycles. The molecule has 0 aliphatic carbocycles. The van der Waals surface area contributed by atoms with Gasteiger partial charge in [-0.3, -0.25) is 4.68 Å². The van der Waals surface area contributed by atoms with Crippen molar-refractivity contribution in [3.8, 4) is 5.75 Å². The van der Waals surface area contributed by atoms with Gasteiger partial charge in [0.2, 0.25) is 0 Å². The lowest BCUT2D eigenvalue weighted by Gasteiger charge is -2.05. The first-order valence-corrected chi connectivity index (χ1v) is 5.61. The Balaban J connectivity index is 2.02. The van der Waals surface area contributed by atoms with Gasteiger partial charge in [0, 0.05) is 17.6 Å². The molecule has 0 bridgehead atoms. The molecule has 0 aliphatic rings. The third kappa shape index (κ3) is 2.55. The van der Waals surface area contributed by atoms with E-state index in [0.717, 1.165) is 15.9 Å². The Morgan fingerprint density at radius 3 is 2.62 bits per heavy atom. The monoisotopic (exact) mass is 281 g/mol. The number of hydrogen-bond acceptors (Lipinski definition) is 3. The molecule has 4 nitrogen and oxygen atoms in total. The van der Waals surface area contributed by atoms with Gasteiger partial charge in [-0.25, -0.2) is 0 Å². The number of nitrogen functional groups attached to an aromatic ring is 1. The van der Waals surface area contributed by atoms with Crippen molar-refractivity contribution in [2.24, 2.45) is 7.05 Å². The molecule has 0 spiro atoms. The number of benzene rings is 1. The van der Waals surface area contributed by atoms with Crippen LogP contribution in [0.5, 0.6) is 5.75 Å². The number of ether oxygens (including phenoxy) is 1. The van der Waals surface area contributed by atoms with Gasteiger partial charge in [-0.15, -0.1) is 0 Å². The second-order valence-corrected chi connectivity index (χ2v) is 4.34. The van der Waals surface area contributed by atoms with E-state index in [1.807, 2.05) is 31.3 Å². The molecule has 0 saturated carbocycles. The Labute approximate surface area is 102 Å². The average Bonchev–Trinajstić information content (AvgIpc) is 2.57. The minimum absolute atomic E-state index is 0.461. The van der Waals surface area contributed by atoms with Crippen molar-refractivity contribution in [1.29, 1.82) is 0 Å². The van der Waals surface area contributed by atoms with Gasteiger partial charge in [-0.2, -0.15) is 5.10 Å². The normalized spacial score (nSPS) is 10.4. The molecule has 0 unspecified atom stereocenters. The van der Waals surface area contributed by atoms with Crippen LogP contribution < -0.4 is 10.5 Å². The van der Waals surface area contributed by atoms with E-state index in [9.17, 15) is 0 Å². The molecule has 2 aromatic rings. The van der Waals surface area contributed by atoms with Crippen LogP contribution in [-0.2, 0) is 13.7 Å². The molecule has 1 heterocycles. The highest BCUT2D eigenvalue weighted by Crippen LogP contribution is 2.17. The second-order valence-electron chi connectivity index (χ2n) is 3.43. The minimum Gasteiger partial charge on any atom is -0.487 e. The first kappa shape index (κ1) is 11.0. The lowest BCUT2D eigenvalue weighted by molar-refractivity contribution is 0.295. The average molecular weight is 282 g/mol. The zero-order valence-electron chi connectivity index (χ0n) is 8.85. The van der Waals surface area contributed by atoms with Crippen LogP contribution in [0.4, 0.5) is 5.82 Å². The fourth-order valence-electron chi connectivity index (χ4n) is 1.35. The van der Waals surface area contributed by atoms with Crippen LogP contribution in [-0.4, -0.2) is 9.78 Å². The number of rotatable bonds is 3. The maximum absolute atomic E-state index is 5.60. The van der Waals surface area contributed by atoms with E-state index in [1.165, 1.54) is 0 Å². The number of nitrogens with zero attached hydrogens (tertiary/aromatic N) is 2. The van der Waals surface area contributed by atoms with Crippen LogP contribution in [0, 0.1) is 0 Å². The van der Waals surface area contributed by atoms with Gasteiger partial charge in [0.1, 0.15) is 18.2 Å². The SMILES string of the molecule is Cn1nc(N)cc1COc1ccc(Br)cc1. The van der Waals surface area contributed by atoms with Gasteiger partial charge in [0.05, 0.1) is 5.69 Å². The number of aryl methyl sites for hydroxylation is 1. The molecule has 0 fully saturated rings. The highest BCUT2D eigenvalue weighted by Gasteiger charge is 2.03. The highest BCUT2D eigenvalue weighted by atomic mass is 79.9. The molecular weight excluding hydrogens is 270 g/mol. The van der Waals surface area contributed by atoms with E-state index in [0.29, 0.717) is 12.4 Å². The Bertz CT molecular complexity index is 478. The van der Waals surface area contributed by atoms with Crippen LogP contribution >= 0.6 is 15.9 Å². The molecule has 84 valence electrons. The largest absolute Gasteiger partial charge is 0.487 e. The first-order valence-electron chi connectivity index (χ1n) is 4.82. The fraction of sp³-hybridized carbons (Fsp3) is 0.182. The van der Waals surface area contributed by atoms with Gasteiger partial charge >= 0.3 is 0 Å². The van der Waals surface area contributed by atoms with Crippen LogP contribution in [0.2, 0.25) is 0 Å². The molecule has 0 atom stereocenters. The van der Waals surface area contributed by atoms with Crippen molar-refractivity contribution < 1.29 is 4.74 Å². The predicted octanol–water partition coefficient (Wildman–Crippen LogP) is 2.34. The molecule has 0 saturated heterocycles. The number of nitrogens with two attached hydrogens (primary N) is 1. The molecule has 0 aliphatic heterocycles. The summed E-state index contributed by atoms with van der Waals surface area (Å²) in [4.78, 5) is 0. The Hall–Kier alpha value is -1.49. The summed E-state index contributed by atoms with van der Waals surface area (Å²) in [5.74, 6) is 1.33. The second kappa shape index (κ2) is 4.57. The van der Waals surface area contributed by atoms with Gasteiger partial charge in [0.15, 0.2) is 0 Å². The molecule has 2 N–H and O–H groups in total. The zero-order valence-corrected chi connectivity index (χ0v) is 10.4. The third-order valence-corrected chi connectivity index (χ3v) is 2.72. The van der Waals surface area contributed by atoms with Crippen molar-refractivity contribution in [1.82, 2.24) is 9.78 Å². The summed E-state index contributed by atoms with van der Waals surface area (Å²) in [6.45, 7) is 0.461. The molecular formula is C11H12BrN3O. The van der Waals surface area contributed by atoms with Gasteiger partial charge in [0.25, 0.3) is 0 Å². The van der Waals surface area contributed by atoms with Crippen LogP contribution in [0.3, 0.4) is 0 Å². The van der Waals surface area contributed by atoms with E-state index >= 15 is 0 Å². The molecule has 0 amide bonds. The summed E-state index contributed by atoms with van der Waals surface area (Å²) in [6.07, 6.45) is 0. The van der Waals surface area contributed by atoms with E-state index < -0.39 is 0 Å². The number of aromatic nitrogens is 2. The van der Waals surface area contributed by atoms with Crippen LogP contribution in [0.25, 0.3) is 0 Å². The zero-order chi connectivity index (χ0) is 11.5. The van der Waals surface area contributed by atoms with Crippen molar-refractivity contribution in [2.45, 2.75) is 6.61 Å². The standard InChI is InChI=1S/C11H12BrN3O/c1-15-9(6-11(13)14-15)7-16-10-4-2-8(12)3-5-10/h2-6H,7H2,1H3,(H2,13,14). The Morgan fingerprint density at radius 2 is 2.06 bits per heavy atom. The van der Waals surface area contributed by atoms with Crippen molar-refractivity contribution in [3.05, 3.63) is 40.5 Å². The highest BCUT2D eigenvalue weighted by molar-refractivity contribution is 9.10. The van der Waals surface area contributed by atoms with Gasteiger partial charge in [-0.05, 0) is 24.3 Å². The molecule has 2 rings (SSSR count). The first-order chi connectivity index (χ1) is 7.65. The summed E-state index contributed by atoms with van der Waals surface area (Å²) in [5.41, 5.74) is 6.52. The van der Waals surface area contributed by atoms with E-state index in [2.05, 4.69) is 21.0 Å².